The summed E-state index contributed by atoms with van der Waals surface area (Å²) in [6.45, 7) is -0.607. The number of rotatable bonds is 8. The maximum Gasteiger partial charge on any atom is 0.416 e. The lowest BCUT2D eigenvalue weighted by atomic mass is 9.08. The Morgan fingerprint density at radius 1 is 0.820 bits per heavy atom. The highest BCUT2D eigenvalue weighted by Gasteiger charge is 2.64. The molecule has 5 rings (SSSR count). The van der Waals surface area contributed by atoms with E-state index in [1.165, 1.54) is 29.2 Å². The Labute approximate surface area is 302 Å². The molecule has 3 aliphatic rings. The Bertz CT molecular complexity index is 1670. The van der Waals surface area contributed by atoms with Crippen LogP contribution in [-0.2, 0) is 28.9 Å². The standard InChI is InChI=1S/C30H23B10F4N3O3/c31-27(32,29(35,36)37)25(28(33,34)30(38,39)40)13-46(11-14-1-3-15(4-2-14)26(42,43)44)10-9-19(25)17-6-5-16-18(22(17)41)12-47(24(16)50)20-7-8-21(48)45-23(20)49/h1-6,19-20H,7-13H2,(H,45,48,49). The van der Waals surface area contributed by atoms with Gasteiger partial charge in [0.15, 0.2) is 0 Å². The fraction of sp³-hybridized carbons (Fsp3) is 0.500. The van der Waals surface area contributed by atoms with E-state index in [1.807, 2.05) is 0 Å². The van der Waals surface area contributed by atoms with Crippen LogP contribution in [0.5, 0.6) is 0 Å². The van der Waals surface area contributed by atoms with Crippen molar-refractivity contribution in [3.05, 3.63) is 70.0 Å². The number of amides is 3. The van der Waals surface area contributed by atoms with Gasteiger partial charge in [-0.05, 0) is 60.0 Å². The van der Waals surface area contributed by atoms with Crippen molar-refractivity contribution in [1.29, 1.82) is 0 Å². The molecule has 6 nitrogen and oxygen atoms in total. The molecule has 0 aromatic heterocycles. The summed E-state index contributed by atoms with van der Waals surface area (Å²) in [5.41, 5.74) is -2.86. The summed E-state index contributed by atoms with van der Waals surface area (Å²) in [4.78, 5) is 40.6. The molecule has 0 spiro atoms. The van der Waals surface area contributed by atoms with Crippen LogP contribution in [0.1, 0.15) is 57.8 Å². The van der Waals surface area contributed by atoms with Gasteiger partial charge in [-0.1, -0.05) is 18.2 Å². The molecule has 2 unspecified atom stereocenters. The van der Waals surface area contributed by atoms with Crippen LogP contribution in [0.4, 0.5) is 17.6 Å². The number of carbonyl (C=O) groups is 3. The molecule has 2 atom stereocenters. The highest BCUT2D eigenvalue weighted by molar-refractivity contribution is 6.70. The van der Waals surface area contributed by atoms with Gasteiger partial charge in [-0.3, -0.25) is 24.6 Å². The highest BCUT2D eigenvalue weighted by Crippen LogP contribution is 2.73. The lowest BCUT2D eigenvalue weighted by Gasteiger charge is -2.73. The third-order valence-electron chi connectivity index (χ3n) is 10.5. The van der Waals surface area contributed by atoms with Crippen molar-refractivity contribution in [3.63, 3.8) is 0 Å². The van der Waals surface area contributed by atoms with Crippen molar-refractivity contribution in [1.82, 2.24) is 15.1 Å². The van der Waals surface area contributed by atoms with Crippen LogP contribution in [0.15, 0.2) is 36.4 Å². The van der Waals surface area contributed by atoms with Crippen molar-refractivity contribution in [2.75, 3.05) is 13.1 Å². The van der Waals surface area contributed by atoms with Crippen molar-refractivity contribution < 1.29 is 31.9 Å². The van der Waals surface area contributed by atoms with Gasteiger partial charge in [0, 0.05) is 77.7 Å². The molecule has 234 valence electrons. The number of nitrogens with one attached hydrogen (secondary N) is 1. The fourth-order valence-electron chi connectivity index (χ4n) is 7.56. The normalized spacial score (nSPS) is 22.3. The van der Waals surface area contributed by atoms with E-state index < -0.39 is 79.9 Å². The van der Waals surface area contributed by atoms with E-state index in [2.05, 4.69) is 5.32 Å². The molecule has 20 radical (unpaired) electrons. The summed E-state index contributed by atoms with van der Waals surface area (Å²) in [6.07, 6.45) is -4.59. The second-order valence-electron chi connectivity index (χ2n) is 13.7. The number of benzene rings is 2. The number of imide groups is 1. The van der Waals surface area contributed by atoms with E-state index in [-0.39, 0.29) is 55.6 Å². The minimum absolute atomic E-state index is 0.0136. The summed E-state index contributed by atoms with van der Waals surface area (Å²) < 4.78 is 56.6. The quantitative estimate of drug-likeness (QED) is 0.258. The minimum atomic E-state index is -4.56. The number of piperidine rings is 2. The van der Waals surface area contributed by atoms with Crippen molar-refractivity contribution >= 4 is 96.2 Å². The fourth-order valence-corrected chi connectivity index (χ4v) is 7.56. The smallest absolute Gasteiger partial charge is 0.322 e. The molecule has 2 aromatic carbocycles. The average Bonchev–Trinajstić information content (AvgIpc) is 3.32. The van der Waals surface area contributed by atoms with Crippen molar-refractivity contribution in [3.8, 4) is 0 Å². The van der Waals surface area contributed by atoms with Gasteiger partial charge < -0.3 is 4.90 Å². The van der Waals surface area contributed by atoms with Crippen LogP contribution in [-0.4, -0.2) is 125 Å². The van der Waals surface area contributed by atoms with E-state index in [1.54, 1.807) is 4.90 Å². The Morgan fingerprint density at radius 2 is 1.40 bits per heavy atom. The van der Waals surface area contributed by atoms with Crippen LogP contribution in [0, 0.1) is 11.2 Å². The van der Waals surface area contributed by atoms with Crippen LogP contribution in [0.2, 0.25) is 20.7 Å². The number of fused-ring (bicyclic) bond motifs is 1. The topological polar surface area (TPSA) is 69.7 Å². The first kappa shape index (κ1) is 38.6. The first-order chi connectivity index (χ1) is 22.8. The monoisotopic (exact) mass is 659 g/mol. The van der Waals surface area contributed by atoms with E-state index in [9.17, 15) is 27.6 Å². The molecule has 2 saturated heterocycles. The molecular weight excluding hydrogens is 634 g/mol. The molecular formula is C30H23B10F4N3O3. The number of likely N-dealkylation sites (tertiary alicyclic amines) is 1. The molecule has 20 heteroatoms. The second kappa shape index (κ2) is 12.8. The van der Waals surface area contributed by atoms with Gasteiger partial charge in [-0.25, -0.2) is 4.39 Å². The Hall–Kier alpha value is -2.62. The number of halogens is 4. The van der Waals surface area contributed by atoms with E-state index in [0.717, 1.165) is 12.1 Å². The van der Waals surface area contributed by atoms with Gasteiger partial charge >= 0.3 is 6.18 Å². The molecule has 3 heterocycles. The van der Waals surface area contributed by atoms with Crippen LogP contribution < -0.4 is 5.32 Å². The van der Waals surface area contributed by atoms with Gasteiger partial charge in [0.05, 0.1) is 43.5 Å². The molecule has 50 heavy (non-hydrogen) atoms. The Kier molecular flexibility index (Phi) is 9.88. The zero-order valence-corrected chi connectivity index (χ0v) is 27.0. The number of alkyl halides is 3. The predicted molar refractivity (Wildman–Crippen MR) is 187 cm³/mol. The van der Waals surface area contributed by atoms with Gasteiger partial charge in [0.1, 0.15) is 11.9 Å². The summed E-state index contributed by atoms with van der Waals surface area (Å²) in [5.74, 6) is -3.96. The second-order valence-corrected chi connectivity index (χ2v) is 13.7. The van der Waals surface area contributed by atoms with E-state index >= 15 is 4.39 Å². The summed E-state index contributed by atoms with van der Waals surface area (Å²) in [5, 5.41) is -8.01. The molecule has 2 fully saturated rings. The predicted octanol–water partition coefficient (Wildman–Crippen LogP) is 0.646. The molecule has 3 amide bonds. The molecule has 0 bridgehead atoms. The lowest BCUT2D eigenvalue weighted by molar-refractivity contribution is -0.138. The minimum Gasteiger partial charge on any atom is -0.322 e. The molecule has 0 aliphatic carbocycles. The first-order valence-electron chi connectivity index (χ1n) is 15.6. The maximum absolute atomic E-state index is 16.9. The molecule has 1 N–H and O–H groups in total. The average molecular weight is 658 g/mol. The largest absolute Gasteiger partial charge is 0.416 e. The third kappa shape index (κ3) is 6.27. The third-order valence-corrected chi connectivity index (χ3v) is 10.5. The molecule has 3 aliphatic heterocycles. The van der Waals surface area contributed by atoms with Gasteiger partial charge in [-0.2, -0.15) is 13.2 Å². The van der Waals surface area contributed by atoms with E-state index in [4.69, 9.17) is 78.5 Å². The van der Waals surface area contributed by atoms with Gasteiger partial charge in [0.25, 0.3) is 5.91 Å². The van der Waals surface area contributed by atoms with E-state index in [0.29, 0.717) is 5.56 Å². The SMILES string of the molecule is [B]C([B])([B])C([B])([B])C1(C([B])([B])C([B])([B])[B])CN(Cc2ccc(C(F)(F)F)cc2)CCC1c1ccc2c(c1F)CN(C1CCC(=O)NC1=O)C2=O. The number of nitrogens with zero attached hydrogens (tertiary/aromatic N) is 2. The summed E-state index contributed by atoms with van der Waals surface area (Å²) >= 11 is 0. The van der Waals surface area contributed by atoms with Crippen molar-refractivity contribution in [2.24, 2.45) is 5.41 Å². The lowest BCUT2D eigenvalue weighted by Crippen LogP contribution is -2.66. The highest BCUT2D eigenvalue weighted by atomic mass is 19.4. The molecule has 0 saturated carbocycles. The molecule has 2 aromatic rings. The maximum atomic E-state index is 16.9. The van der Waals surface area contributed by atoms with Gasteiger partial charge in [-0.15, -0.1) is 20.7 Å². The van der Waals surface area contributed by atoms with Crippen molar-refractivity contribution in [2.45, 2.75) is 71.1 Å². The zero-order valence-electron chi connectivity index (χ0n) is 27.0. The number of hydrogen-bond donors (Lipinski definition) is 1. The summed E-state index contributed by atoms with van der Waals surface area (Å²) in [7, 11) is 64.0. The van der Waals surface area contributed by atoms with Crippen LogP contribution in [0.25, 0.3) is 0 Å². The Morgan fingerprint density at radius 3 is 1.92 bits per heavy atom. The Balaban J connectivity index is 1.63. The van der Waals surface area contributed by atoms with Crippen LogP contribution >= 0.6 is 0 Å². The number of hydrogen-bond acceptors (Lipinski definition) is 4. The number of carbonyl (C=O) groups excluding carboxylic acids is 3. The first-order valence-corrected chi connectivity index (χ1v) is 15.6. The van der Waals surface area contributed by atoms with Crippen LogP contribution in [0.3, 0.4) is 0 Å². The zero-order chi connectivity index (χ0) is 37.4. The van der Waals surface area contributed by atoms with Gasteiger partial charge in [0.2, 0.25) is 11.8 Å². The summed E-state index contributed by atoms with van der Waals surface area (Å²) in [6, 6.07) is 6.00.